The van der Waals surface area contributed by atoms with E-state index in [9.17, 15) is 13.2 Å². The molecule has 1 aromatic heterocycles. The number of rotatable bonds is 7. The van der Waals surface area contributed by atoms with Gasteiger partial charge in [0.15, 0.2) is 0 Å². The lowest BCUT2D eigenvalue weighted by Gasteiger charge is -2.18. The van der Waals surface area contributed by atoms with Crippen molar-refractivity contribution in [3.63, 3.8) is 0 Å². The van der Waals surface area contributed by atoms with Crippen LogP contribution in [0.4, 0.5) is 5.69 Å². The van der Waals surface area contributed by atoms with Gasteiger partial charge in [0.05, 0.1) is 36.3 Å². The smallest absolute Gasteiger partial charge is 0.232 e. The first-order chi connectivity index (χ1) is 12.6. The van der Waals surface area contributed by atoms with Crippen molar-refractivity contribution in [2.75, 3.05) is 17.6 Å². The highest BCUT2D eigenvalue weighted by Crippen LogP contribution is 2.18. The molecule has 1 N–H and O–H groups in total. The van der Waals surface area contributed by atoms with Crippen LogP contribution in [-0.4, -0.2) is 32.6 Å². The van der Waals surface area contributed by atoms with Crippen molar-refractivity contribution in [1.29, 1.82) is 0 Å². The van der Waals surface area contributed by atoms with Crippen LogP contribution in [0.25, 0.3) is 0 Å². The molecule has 6 nitrogen and oxygen atoms in total. The van der Waals surface area contributed by atoms with Gasteiger partial charge in [-0.05, 0) is 36.1 Å². The van der Waals surface area contributed by atoms with Crippen LogP contribution in [0, 0.1) is 0 Å². The first-order valence-electron chi connectivity index (χ1n) is 8.86. The van der Waals surface area contributed by atoms with Crippen molar-refractivity contribution in [1.82, 2.24) is 10.3 Å². The summed E-state index contributed by atoms with van der Waals surface area (Å²) in [6, 6.07) is 11.2. The van der Waals surface area contributed by atoms with E-state index >= 15 is 0 Å². The van der Waals surface area contributed by atoms with Gasteiger partial charge in [-0.2, -0.15) is 0 Å². The largest absolute Gasteiger partial charge is 0.348 e. The molecular weight excluding hydrogens is 362 g/mol. The van der Waals surface area contributed by atoms with Crippen LogP contribution < -0.4 is 9.62 Å². The van der Waals surface area contributed by atoms with E-state index in [0.717, 1.165) is 16.1 Å². The van der Waals surface area contributed by atoms with Crippen LogP contribution >= 0.6 is 0 Å². The minimum Gasteiger partial charge on any atom is -0.348 e. The van der Waals surface area contributed by atoms with E-state index in [0.29, 0.717) is 23.7 Å². The number of sulfonamides is 1. The number of aromatic nitrogens is 1. The van der Waals surface area contributed by atoms with Crippen molar-refractivity contribution in [3.05, 3.63) is 59.4 Å². The quantitative estimate of drug-likeness (QED) is 0.789. The topological polar surface area (TPSA) is 79.4 Å². The Kier molecular flexibility index (Phi) is 6.59. The number of pyridine rings is 1. The average molecular weight is 390 g/mol. The zero-order valence-electron chi connectivity index (χ0n) is 16.4. The Labute approximate surface area is 161 Å². The molecule has 1 amide bonds. The van der Waals surface area contributed by atoms with Gasteiger partial charge in [0, 0.05) is 7.05 Å². The van der Waals surface area contributed by atoms with Gasteiger partial charge in [-0.3, -0.25) is 14.1 Å². The molecule has 1 unspecified atom stereocenters. The first-order valence-corrected chi connectivity index (χ1v) is 10.7. The van der Waals surface area contributed by atoms with Crippen LogP contribution in [0.15, 0.2) is 42.6 Å². The number of nitrogens with zero attached hydrogens (tertiary/aromatic N) is 2. The number of carbonyl (C=O) groups is 1. The second-order valence-corrected chi connectivity index (χ2v) is 9.05. The van der Waals surface area contributed by atoms with Crippen LogP contribution in [0.3, 0.4) is 0 Å². The van der Waals surface area contributed by atoms with E-state index in [4.69, 9.17) is 0 Å². The fourth-order valence-electron chi connectivity index (χ4n) is 2.60. The summed E-state index contributed by atoms with van der Waals surface area (Å²) in [5, 5.41) is 2.93. The van der Waals surface area contributed by atoms with Crippen molar-refractivity contribution in [2.45, 2.75) is 39.2 Å². The average Bonchev–Trinajstić information content (AvgIpc) is 2.60. The fraction of sp³-hybridized carbons (Fsp3) is 0.400. The van der Waals surface area contributed by atoms with Crippen LogP contribution in [0.2, 0.25) is 0 Å². The number of benzene rings is 1. The maximum Gasteiger partial charge on any atom is 0.232 e. The summed E-state index contributed by atoms with van der Waals surface area (Å²) in [4.78, 5) is 16.6. The summed E-state index contributed by atoms with van der Waals surface area (Å²) < 4.78 is 24.3. The standard InChI is InChI=1S/C20H27N3O3S/c1-14(2)17-8-6-16(7-9-17)12-20(24)22-15(3)19-11-10-18(13-21-19)23(4)27(5,25)26/h6-11,13-15H,12H2,1-5H3,(H,22,24). The lowest BCUT2D eigenvalue weighted by molar-refractivity contribution is -0.121. The highest BCUT2D eigenvalue weighted by Gasteiger charge is 2.15. The fourth-order valence-corrected chi connectivity index (χ4v) is 3.09. The highest BCUT2D eigenvalue weighted by atomic mass is 32.2. The normalized spacial score (nSPS) is 12.7. The molecule has 0 fully saturated rings. The van der Waals surface area contributed by atoms with Gasteiger partial charge in [-0.1, -0.05) is 38.1 Å². The van der Waals surface area contributed by atoms with E-state index in [-0.39, 0.29) is 11.9 Å². The summed E-state index contributed by atoms with van der Waals surface area (Å²) in [6.07, 6.45) is 2.93. The molecule has 2 aromatic rings. The predicted octanol–water partition coefficient (Wildman–Crippen LogP) is 3.02. The summed E-state index contributed by atoms with van der Waals surface area (Å²) >= 11 is 0. The number of hydrogen-bond acceptors (Lipinski definition) is 4. The monoisotopic (exact) mass is 389 g/mol. The molecular formula is C20H27N3O3S. The van der Waals surface area contributed by atoms with Gasteiger partial charge in [0.1, 0.15) is 0 Å². The van der Waals surface area contributed by atoms with Crippen molar-refractivity contribution in [3.8, 4) is 0 Å². The van der Waals surface area contributed by atoms with Crippen molar-refractivity contribution < 1.29 is 13.2 Å². The maximum atomic E-state index is 12.3. The molecule has 1 heterocycles. The summed E-state index contributed by atoms with van der Waals surface area (Å²) in [7, 11) is -1.85. The Morgan fingerprint density at radius 1 is 1.11 bits per heavy atom. The molecule has 1 aromatic carbocycles. The number of amides is 1. The van der Waals surface area contributed by atoms with E-state index in [1.54, 1.807) is 12.1 Å². The zero-order valence-corrected chi connectivity index (χ0v) is 17.2. The second kappa shape index (κ2) is 8.52. The van der Waals surface area contributed by atoms with Gasteiger partial charge in [-0.25, -0.2) is 8.42 Å². The minimum absolute atomic E-state index is 0.0843. The predicted molar refractivity (Wildman–Crippen MR) is 108 cm³/mol. The molecule has 1 atom stereocenters. The molecule has 2 rings (SSSR count). The van der Waals surface area contributed by atoms with Crippen LogP contribution in [0.1, 0.15) is 49.6 Å². The molecule has 7 heteroatoms. The van der Waals surface area contributed by atoms with Crippen molar-refractivity contribution in [2.24, 2.45) is 0 Å². The summed E-state index contributed by atoms with van der Waals surface area (Å²) in [6.45, 7) is 6.12. The third-order valence-corrected chi connectivity index (χ3v) is 5.67. The van der Waals surface area contributed by atoms with Crippen LogP contribution in [-0.2, 0) is 21.2 Å². The third-order valence-electron chi connectivity index (χ3n) is 4.46. The molecule has 0 saturated heterocycles. The Bertz CT molecular complexity index is 876. The first kappa shape index (κ1) is 20.9. The number of carbonyl (C=O) groups excluding carboxylic acids is 1. The van der Waals surface area contributed by atoms with Gasteiger partial charge in [0.2, 0.25) is 15.9 Å². The highest BCUT2D eigenvalue weighted by molar-refractivity contribution is 7.92. The molecule has 0 aliphatic carbocycles. The van der Waals surface area contributed by atoms with Gasteiger partial charge in [0.25, 0.3) is 0 Å². The Balaban J connectivity index is 1.97. The Morgan fingerprint density at radius 3 is 2.22 bits per heavy atom. The molecule has 0 aliphatic rings. The molecule has 0 saturated carbocycles. The van der Waals surface area contributed by atoms with E-state index < -0.39 is 10.0 Å². The molecule has 0 spiro atoms. The SMILES string of the molecule is CC(C)c1ccc(CC(=O)NC(C)c2ccc(N(C)S(C)(=O)=O)cn2)cc1. The molecule has 146 valence electrons. The number of anilines is 1. The van der Waals surface area contributed by atoms with E-state index in [1.807, 2.05) is 19.1 Å². The Morgan fingerprint density at radius 2 is 1.74 bits per heavy atom. The lowest BCUT2D eigenvalue weighted by atomic mass is 10.0. The number of nitrogens with one attached hydrogen (secondary N) is 1. The minimum atomic E-state index is -3.33. The van der Waals surface area contributed by atoms with Gasteiger partial charge >= 0.3 is 0 Å². The summed E-state index contributed by atoms with van der Waals surface area (Å²) in [5.74, 6) is 0.377. The van der Waals surface area contributed by atoms with Gasteiger partial charge < -0.3 is 5.32 Å². The maximum absolute atomic E-state index is 12.3. The van der Waals surface area contributed by atoms with E-state index in [1.165, 1.54) is 18.8 Å². The van der Waals surface area contributed by atoms with Crippen LogP contribution in [0.5, 0.6) is 0 Å². The summed E-state index contributed by atoms with van der Waals surface area (Å²) in [5.41, 5.74) is 3.35. The molecule has 0 aliphatic heterocycles. The third kappa shape index (κ3) is 5.79. The molecule has 27 heavy (non-hydrogen) atoms. The van der Waals surface area contributed by atoms with Gasteiger partial charge in [-0.15, -0.1) is 0 Å². The van der Waals surface area contributed by atoms with E-state index in [2.05, 4.69) is 36.3 Å². The molecule has 0 bridgehead atoms. The Hall–Kier alpha value is -2.41. The molecule has 0 radical (unpaired) electrons. The van der Waals surface area contributed by atoms with Crippen molar-refractivity contribution >= 4 is 21.6 Å². The zero-order chi connectivity index (χ0) is 20.2. The lowest BCUT2D eigenvalue weighted by Crippen LogP contribution is -2.29. The second-order valence-electron chi connectivity index (χ2n) is 7.03. The number of hydrogen-bond donors (Lipinski definition) is 1.